The molecule has 0 amide bonds. The molecule has 5 nitrogen and oxygen atoms in total. The van der Waals surface area contributed by atoms with E-state index in [1.807, 2.05) is 38.3 Å². The van der Waals surface area contributed by atoms with Gasteiger partial charge in [0, 0.05) is 47.2 Å². The molecule has 0 saturated carbocycles. The van der Waals surface area contributed by atoms with Crippen molar-refractivity contribution < 1.29 is 0 Å². The fourth-order valence-corrected chi connectivity index (χ4v) is 5.29. The minimum atomic E-state index is -0.313. The minimum Gasteiger partial charge on any atom is -0.386 e. The zero-order valence-corrected chi connectivity index (χ0v) is 25.7. The SMILES string of the molecule is C=CC(=C)C(=C\C(=C/C)C(C)(C=C)CC(C)(C)N/C(N)=C/C)/C=C(\C)NC(=C)c1ccnc(N2CCCCC2)c1. The molecule has 0 aliphatic carbocycles. The Morgan fingerprint density at radius 3 is 2.33 bits per heavy atom. The number of rotatable bonds is 14. The van der Waals surface area contributed by atoms with Gasteiger partial charge in [-0.05, 0) is 101 Å². The Kier molecular flexibility index (Phi) is 11.9. The zero-order valence-electron chi connectivity index (χ0n) is 25.7. The molecule has 1 fully saturated rings. The summed E-state index contributed by atoms with van der Waals surface area (Å²) in [6.45, 7) is 31.4. The minimum absolute atomic E-state index is 0.250. The molecule has 1 unspecified atom stereocenters. The lowest BCUT2D eigenvalue weighted by Gasteiger charge is -2.38. The molecule has 1 aliphatic heterocycles. The lowest BCUT2D eigenvalue weighted by atomic mass is 9.72. The average Bonchev–Trinajstić information content (AvgIpc) is 2.94. The third kappa shape index (κ3) is 9.18. The number of nitrogens with zero attached hydrogens (tertiary/aromatic N) is 2. The van der Waals surface area contributed by atoms with Crippen LogP contribution < -0.4 is 21.3 Å². The van der Waals surface area contributed by atoms with Crippen LogP contribution in [-0.2, 0) is 0 Å². The maximum absolute atomic E-state index is 6.10. The molecule has 4 N–H and O–H groups in total. The number of nitrogens with one attached hydrogen (secondary N) is 2. The second-order valence-corrected chi connectivity index (χ2v) is 11.5. The fourth-order valence-electron chi connectivity index (χ4n) is 5.29. The van der Waals surface area contributed by atoms with Crippen molar-refractivity contribution in [1.82, 2.24) is 15.6 Å². The van der Waals surface area contributed by atoms with Gasteiger partial charge in [-0.15, -0.1) is 6.58 Å². The van der Waals surface area contributed by atoms with E-state index in [1.165, 1.54) is 19.3 Å². The van der Waals surface area contributed by atoms with Gasteiger partial charge in [-0.1, -0.05) is 51.0 Å². The van der Waals surface area contributed by atoms with Crippen LogP contribution in [0.1, 0.15) is 72.8 Å². The highest BCUT2D eigenvalue weighted by Gasteiger charge is 2.32. The summed E-state index contributed by atoms with van der Waals surface area (Å²) in [6.07, 6.45) is 18.5. The maximum Gasteiger partial charge on any atom is 0.129 e. The highest BCUT2D eigenvalue weighted by molar-refractivity contribution is 5.66. The van der Waals surface area contributed by atoms with E-state index in [4.69, 9.17) is 5.73 Å². The Labute approximate surface area is 243 Å². The second-order valence-electron chi connectivity index (χ2n) is 11.5. The lowest BCUT2D eigenvalue weighted by molar-refractivity contribution is 0.302. The summed E-state index contributed by atoms with van der Waals surface area (Å²) in [4.78, 5) is 6.97. The molecule has 1 atom stereocenters. The fraction of sp³-hybridized carbons (Fsp3) is 0.400. The van der Waals surface area contributed by atoms with E-state index in [2.05, 4.69) is 98.8 Å². The van der Waals surface area contributed by atoms with Crippen LogP contribution in [0.5, 0.6) is 0 Å². The van der Waals surface area contributed by atoms with Crippen LogP contribution in [0.2, 0.25) is 0 Å². The topological polar surface area (TPSA) is 66.2 Å². The summed E-state index contributed by atoms with van der Waals surface area (Å²) in [6, 6.07) is 4.12. The van der Waals surface area contributed by atoms with E-state index in [0.29, 0.717) is 5.82 Å². The molecule has 0 radical (unpaired) electrons. The molecule has 2 rings (SSSR count). The first-order chi connectivity index (χ1) is 18.9. The van der Waals surface area contributed by atoms with Gasteiger partial charge in [0.25, 0.3) is 0 Å². The summed E-state index contributed by atoms with van der Waals surface area (Å²) < 4.78 is 0. The first-order valence-corrected chi connectivity index (χ1v) is 14.3. The normalized spacial score (nSPS) is 17.1. The third-order valence-electron chi connectivity index (χ3n) is 7.45. The molecular formula is C35H51N5. The second kappa shape index (κ2) is 14.6. The van der Waals surface area contributed by atoms with Crippen molar-refractivity contribution in [2.75, 3.05) is 18.0 Å². The van der Waals surface area contributed by atoms with Crippen molar-refractivity contribution in [2.45, 2.75) is 72.8 Å². The first-order valence-electron chi connectivity index (χ1n) is 14.3. The molecule has 0 bridgehead atoms. The molecule has 1 aliphatic rings. The van der Waals surface area contributed by atoms with Gasteiger partial charge in [-0.3, -0.25) is 0 Å². The first kappa shape index (κ1) is 32.5. The Morgan fingerprint density at radius 2 is 1.75 bits per heavy atom. The molecule has 2 heterocycles. The number of piperidine rings is 1. The van der Waals surface area contributed by atoms with Crippen LogP contribution >= 0.6 is 0 Å². The van der Waals surface area contributed by atoms with Crippen LogP contribution in [0.3, 0.4) is 0 Å². The van der Waals surface area contributed by atoms with Crippen molar-refractivity contribution in [3.63, 3.8) is 0 Å². The van der Waals surface area contributed by atoms with Crippen molar-refractivity contribution >= 4 is 11.5 Å². The van der Waals surface area contributed by atoms with Crippen LogP contribution in [-0.4, -0.2) is 23.6 Å². The van der Waals surface area contributed by atoms with E-state index in [-0.39, 0.29) is 11.0 Å². The Bertz CT molecular complexity index is 1200. The largest absolute Gasteiger partial charge is 0.386 e. The predicted octanol–water partition coefficient (Wildman–Crippen LogP) is 7.92. The van der Waals surface area contributed by atoms with Crippen LogP contribution in [0, 0.1) is 5.41 Å². The Balaban J connectivity index is 2.33. The molecule has 5 heteroatoms. The van der Waals surface area contributed by atoms with E-state index < -0.39 is 0 Å². The van der Waals surface area contributed by atoms with E-state index >= 15 is 0 Å². The average molecular weight is 542 g/mol. The molecular weight excluding hydrogens is 490 g/mol. The molecule has 1 aromatic heterocycles. The summed E-state index contributed by atoms with van der Waals surface area (Å²) >= 11 is 0. The van der Waals surface area contributed by atoms with Gasteiger partial charge in [0.1, 0.15) is 5.82 Å². The molecule has 1 saturated heterocycles. The van der Waals surface area contributed by atoms with Crippen LogP contribution in [0.4, 0.5) is 5.82 Å². The van der Waals surface area contributed by atoms with Gasteiger partial charge in [-0.25, -0.2) is 4.98 Å². The van der Waals surface area contributed by atoms with E-state index in [9.17, 15) is 0 Å². The van der Waals surface area contributed by atoms with Gasteiger partial charge in [0.15, 0.2) is 0 Å². The number of hydrogen-bond donors (Lipinski definition) is 3. The molecule has 216 valence electrons. The summed E-state index contributed by atoms with van der Waals surface area (Å²) in [7, 11) is 0. The summed E-state index contributed by atoms with van der Waals surface area (Å²) in [5.41, 5.74) is 11.3. The van der Waals surface area contributed by atoms with Crippen molar-refractivity contribution in [3.05, 3.63) is 115 Å². The number of allylic oxidation sites excluding steroid dienone is 10. The summed E-state index contributed by atoms with van der Waals surface area (Å²) in [5.74, 6) is 1.68. The van der Waals surface area contributed by atoms with Gasteiger partial charge in [0.2, 0.25) is 0 Å². The highest BCUT2D eigenvalue weighted by atomic mass is 15.2. The van der Waals surface area contributed by atoms with E-state index in [0.717, 1.165) is 59.0 Å². The molecule has 0 spiro atoms. The van der Waals surface area contributed by atoms with Gasteiger partial charge >= 0.3 is 0 Å². The quantitative estimate of drug-likeness (QED) is 0.165. The van der Waals surface area contributed by atoms with Gasteiger partial charge in [-0.2, -0.15) is 0 Å². The highest BCUT2D eigenvalue weighted by Crippen LogP contribution is 2.39. The van der Waals surface area contributed by atoms with Gasteiger partial charge in [0.05, 0.1) is 5.82 Å². The Morgan fingerprint density at radius 1 is 1.07 bits per heavy atom. The van der Waals surface area contributed by atoms with Crippen molar-refractivity contribution in [2.24, 2.45) is 11.1 Å². The monoisotopic (exact) mass is 541 g/mol. The zero-order chi connectivity index (χ0) is 29.9. The van der Waals surface area contributed by atoms with Crippen LogP contribution in [0.15, 0.2) is 109 Å². The summed E-state index contributed by atoms with van der Waals surface area (Å²) in [5, 5.41) is 6.91. The molecule has 0 aromatic carbocycles. The third-order valence-corrected chi connectivity index (χ3v) is 7.45. The predicted molar refractivity (Wildman–Crippen MR) is 175 cm³/mol. The van der Waals surface area contributed by atoms with Crippen molar-refractivity contribution in [1.29, 1.82) is 0 Å². The van der Waals surface area contributed by atoms with Crippen molar-refractivity contribution in [3.8, 4) is 0 Å². The molecule has 1 aromatic rings. The smallest absolute Gasteiger partial charge is 0.129 e. The standard InChI is InChI=1S/C35H51N5/c1-11-26(5)30(23-31(12-2)35(10,14-4)25-34(8,9)39-32(36)13-3)22-27(6)38-28(7)29-18-19-37-33(24-29)40-20-16-15-17-21-40/h11-14,18-19,22-24,38-39H,1,4-5,7,15-17,20-21,25,36H2,2-3,6,8-10H3/b27-22+,30-23-,31-12+,32-13+. The number of hydrogen-bond acceptors (Lipinski definition) is 5. The van der Waals surface area contributed by atoms with Crippen LogP contribution in [0.25, 0.3) is 5.70 Å². The number of aromatic nitrogens is 1. The van der Waals surface area contributed by atoms with E-state index in [1.54, 1.807) is 6.08 Å². The Hall–Kier alpha value is -3.73. The number of pyridine rings is 1. The number of anilines is 1. The molecule has 40 heavy (non-hydrogen) atoms. The lowest BCUT2D eigenvalue weighted by Crippen LogP contribution is -2.44. The number of nitrogens with two attached hydrogens (primary N) is 1. The maximum atomic E-state index is 6.10. The van der Waals surface area contributed by atoms with Gasteiger partial charge < -0.3 is 21.3 Å².